The van der Waals surface area contributed by atoms with Crippen LogP contribution >= 0.6 is 11.6 Å². The number of hydrogen-bond donors (Lipinski definition) is 0. The predicted molar refractivity (Wildman–Crippen MR) is 68.1 cm³/mol. The van der Waals surface area contributed by atoms with Crippen molar-refractivity contribution in [3.8, 4) is 0 Å². The van der Waals surface area contributed by atoms with Crippen molar-refractivity contribution in [1.29, 1.82) is 0 Å². The number of likely N-dealkylation sites (N-methyl/N-ethyl adjacent to an activating group) is 1. The van der Waals surface area contributed by atoms with Crippen LogP contribution in [0.15, 0.2) is 18.3 Å². The minimum Gasteiger partial charge on any atom is -0.346 e. The van der Waals surface area contributed by atoms with Gasteiger partial charge in [0, 0.05) is 24.2 Å². The van der Waals surface area contributed by atoms with E-state index in [1.165, 1.54) is 0 Å². The van der Waals surface area contributed by atoms with Gasteiger partial charge in [0.2, 0.25) is 0 Å². The summed E-state index contributed by atoms with van der Waals surface area (Å²) < 4.78 is 15.9. The van der Waals surface area contributed by atoms with Crippen molar-refractivity contribution in [1.82, 2.24) is 9.47 Å². The Morgan fingerprint density at radius 1 is 1.47 bits per heavy atom. The highest BCUT2D eigenvalue weighted by atomic mass is 35.5. The molecule has 1 aromatic carbocycles. The fraction of sp³-hybridized carbons (Fsp3) is 0.385. The van der Waals surface area contributed by atoms with E-state index in [-0.39, 0.29) is 10.8 Å². The van der Waals surface area contributed by atoms with E-state index >= 15 is 0 Å². The van der Waals surface area contributed by atoms with Gasteiger partial charge in [0.1, 0.15) is 5.82 Å². The smallest absolute Gasteiger partial charge is 0.142 e. The van der Waals surface area contributed by atoms with Gasteiger partial charge in [-0.1, -0.05) is 11.6 Å². The van der Waals surface area contributed by atoms with E-state index in [0.29, 0.717) is 6.04 Å². The van der Waals surface area contributed by atoms with Crippen LogP contribution in [0.3, 0.4) is 0 Å². The first-order chi connectivity index (χ1) is 8.08. The van der Waals surface area contributed by atoms with Crippen LogP contribution in [-0.4, -0.2) is 29.6 Å². The lowest BCUT2D eigenvalue weighted by Gasteiger charge is -2.30. The molecule has 0 spiro atoms. The molecule has 1 aromatic heterocycles. The third kappa shape index (κ3) is 1.57. The Morgan fingerprint density at radius 2 is 2.24 bits per heavy atom. The zero-order valence-electron chi connectivity index (χ0n) is 9.87. The maximum absolute atomic E-state index is 13.7. The maximum Gasteiger partial charge on any atom is 0.142 e. The van der Waals surface area contributed by atoms with Crippen LogP contribution in [0.25, 0.3) is 10.9 Å². The molecule has 0 unspecified atom stereocenters. The average Bonchev–Trinajstić information content (AvgIpc) is 2.70. The summed E-state index contributed by atoms with van der Waals surface area (Å²) in [6.45, 7) is 0.936. The van der Waals surface area contributed by atoms with Crippen LogP contribution < -0.4 is 0 Å². The highest BCUT2D eigenvalue weighted by Crippen LogP contribution is 2.34. The van der Waals surface area contributed by atoms with Crippen LogP contribution in [-0.2, 0) is 13.0 Å². The lowest BCUT2D eigenvalue weighted by Crippen LogP contribution is -2.36. The number of benzene rings is 1. The van der Waals surface area contributed by atoms with Gasteiger partial charge in [-0.25, -0.2) is 4.39 Å². The fourth-order valence-corrected chi connectivity index (χ4v) is 2.83. The van der Waals surface area contributed by atoms with E-state index < -0.39 is 0 Å². The molecule has 0 bridgehead atoms. The van der Waals surface area contributed by atoms with Crippen molar-refractivity contribution in [2.45, 2.75) is 19.0 Å². The predicted octanol–water partition coefficient (Wildman–Crippen LogP) is 2.92. The first-order valence-corrected chi connectivity index (χ1v) is 6.08. The molecule has 2 heterocycles. The van der Waals surface area contributed by atoms with Gasteiger partial charge in [0.25, 0.3) is 0 Å². The van der Waals surface area contributed by atoms with Gasteiger partial charge in [0.15, 0.2) is 0 Å². The summed E-state index contributed by atoms with van der Waals surface area (Å²) in [5.74, 6) is -0.314. The number of aromatic nitrogens is 1. The molecule has 1 atom stereocenters. The molecule has 0 aliphatic carbocycles. The molecule has 2 aromatic rings. The summed E-state index contributed by atoms with van der Waals surface area (Å²) in [6, 6.07) is 3.90. The zero-order valence-corrected chi connectivity index (χ0v) is 10.6. The first kappa shape index (κ1) is 11.1. The first-order valence-electron chi connectivity index (χ1n) is 5.70. The van der Waals surface area contributed by atoms with E-state index in [0.717, 1.165) is 29.4 Å². The average molecular weight is 253 g/mol. The highest BCUT2D eigenvalue weighted by Gasteiger charge is 2.24. The van der Waals surface area contributed by atoms with Crippen LogP contribution in [0.1, 0.15) is 5.56 Å². The third-order valence-corrected chi connectivity index (χ3v) is 3.99. The number of hydrogen-bond acceptors (Lipinski definition) is 1. The minimum absolute atomic E-state index is 0.241. The lowest BCUT2D eigenvalue weighted by atomic mass is 9.99. The second-order valence-electron chi connectivity index (χ2n) is 4.88. The minimum atomic E-state index is -0.314. The van der Waals surface area contributed by atoms with E-state index in [1.807, 2.05) is 12.3 Å². The fourth-order valence-electron chi connectivity index (χ4n) is 2.62. The molecule has 17 heavy (non-hydrogen) atoms. The normalized spacial score (nSPS) is 19.2. The molecule has 4 heteroatoms. The Kier molecular flexibility index (Phi) is 2.42. The highest BCUT2D eigenvalue weighted by molar-refractivity contribution is 6.35. The van der Waals surface area contributed by atoms with Crippen molar-refractivity contribution < 1.29 is 4.39 Å². The zero-order chi connectivity index (χ0) is 12.2. The standard InChI is InChI=1S/C13H14ClFN2/c1-16(2)9-5-8-6-11(15)12(14)10-3-4-17(7-9)13(8)10/h3-4,6,9H,5,7H2,1-2H3/t9-/m0/s1. The molecule has 1 aliphatic heterocycles. The topological polar surface area (TPSA) is 8.17 Å². The van der Waals surface area contributed by atoms with Crippen molar-refractivity contribution in [3.63, 3.8) is 0 Å². The van der Waals surface area contributed by atoms with Crippen LogP contribution in [0.5, 0.6) is 0 Å². The summed E-state index contributed by atoms with van der Waals surface area (Å²) in [4.78, 5) is 2.18. The molecular formula is C13H14ClFN2. The number of halogens is 2. The van der Waals surface area contributed by atoms with Crippen molar-refractivity contribution >= 4 is 22.5 Å². The monoisotopic (exact) mass is 252 g/mol. The summed E-state index contributed by atoms with van der Waals surface area (Å²) in [7, 11) is 4.12. The van der Waals surface area contributed by atoms with E-state index in [2.05, 4.69) is 23.6 Å². The third-order valence-electron chi connectivity index (χ3n) is 3.61. The van der Waals surface area contributed by atoms with E-state index in [9.17, 15) is 4.39 Å². The summed E-state index contributed by atoms with van der Waals surface area (Å²) in [5.41, 5.74) is 2.14. The molecule has 0 N–H and O–H groups in total. The second kappa shape index (κ2) is 3.72. The van der Waals surface area contributed by atoms with Gasteiger partial charge in [-0.3, -0.25) is 0 Å². The molecule has 0 saturated carbocycles. The number of rotatable bonds is 1. The van der Waals surface area contributed by atoms with Gasteiger partial charge < -0.3 is 9.47 Å². The summed E-state index contributed by atoms with van der Waals surface area (Å²) >= 11 is 5.99. The van der Waals surface area contributed by atoms with E-state index in [4.69, 9.17) is 11.6 Å². The molecule has 0 amide bonds. The molecule has 0 fully saturated rings. The Hall–Kier alpha value is -1.06. The van der Waals surface area contributed by atoms with Gasteiger partial charge in [-0.2, -0.15) is 0 Å². The van der Waals surface area contributed by atoms with Gasteiger partial charge in [-0.05, 0) is 38.2 Å². The van der Waals surface area contributed by atoms with Crippen LogP contribution in [0.2, 0.25) is 5.02 Å². The van der Waals surface area contributed by atoms with Crippen molar-refractivity contribution in [2.24, 2.45) is 0 Å². The maximum atomic E-state index is 13.7. The quantitative estimate of drug-likeness (QED) is 0.758. The second-order valence-corrected chi connectivity index (χ2v) is 5.26. The Labute approximate surface area is 105 Å². The van der Waals surface area contributed by atoms with Crippen molar-refractivity contribution in [2.75, 3.05) is 14.1 Å². The van der Waals surface area contributed by atoms with E-state index in [1.54, 1.807) is 6.07 Å². The van der Waals surface area contributed by atoms with Crippen LogP contribution in [0, 0.1) is 5.82 Å². The molecular weight excluding hydrogens is 239 g/mol. The largest absolute Gasteiger partial charge is 0.346 e. The number of nitrogens with zero attached hydrogens (tertiary/aromatic N) is 2. The summed E-state index contributed by atoms with van der Waals surface area (Å²) in [6.07, 6.45) is 2.87. The summed E-state index contributed by atoms with van der Waals surface area (Å²) in [5, 5.41) is 1.07. The van der Waals surface area contributed by atoms with Crippen LogP contribution in [0.4, 0.5) is 4.39 Å². The molecule has 0 radical (unpaired) electrons. The molecule has 1 aliphatic rings. The molecule has 0 saturated heterocycles. The lowest BCUT2D eigenvalue weighted by molar-refractivity contribution is 0.258. The molecule has 3 rings (SSSR count). The SMILES string of the molecule is CN(C)[C@H]1Cc2cc(F)c(Cl)c3ccn(c23)C1. The molecule has 2 nitrogen and oxygen atoms in total. The molecule has 90 valence electrons. The Balaban J connectivity index is 2.23. The van der Waals surface area contributed by atoms with Gasteiger partial charge in [0.05, 0.1) is 10.5 Å². The van der Waals surface area contributed by atoms with Gasteiger partial charge >= 0.3 is 0 Å². The van der Waals surface area contributed by atoms with Crippen molar-refractivity contribution in [3.05, 3.63) is 34.7 Å². The Morgan fingerprint density at radius 3 is 2.94 bits per heavy atom. The Bertz CT molecular complexity index is 589. The van der Waals surface area contributed by atoms with Gasteiger partial charge in [-0.15, -0.1) is 0 Å².